The molecule has 2 aromatic rings. The van der Waals surface area contributed by atoms with Gasteiger partial charge in [0.15, 0.2) is 0 Å². The zero-order valence-electron chi connectivity index (χ0n) is 10.4. The van der Waals surface area contributed by atoms with E-state index in [4.69, 9.17) is 10.5 Å². The van der Waals surface area contributed by atoms with Gasteiger partial charge in [0.25, 0.3) is 0 Å². The van der Waals surface area contributed by atoms with Crippen LogP contribution in [0.5, 0.6) is 5.75 Å². The molecule has 0 unspecified atom stereocenters. The van der Waals surface area contributed by atoms with Crippen LogP contribution in [0.25, 0.3) is 0 Å². The summed E-state index contributed by atoms with van der Waals surface area (Å²) in [5.74, 6) is 0.559. The lowest BCUT2D eigenvalue weighted by Gasteiger charge is -2.11. The van der Waals surface area contributed by atoms with Gasteiger partial charge in [0.05, 0.1) is 0 Å². The van der Waals surface area contributed by atoms with Crippen molar-refractivity contribution in [2.75, 3.05) is 6.54 Å². The van der Waals surface area contributed by atoms with E-state index in [9.17, 15) is 4.39 Å². The van der Waals surface area contributed by atoms with E-state index in [2.05, 4.69) is 15.9 Å². The second kappa shape index (κ2) is 6.68. The predicted molar refractivity (Wildman–Crippen MR) is 77.6 cm³/mol. The molecule has 0 amide bonds. The first-order chi connectivity index (χ1) is 9.20. The SMILES string of the molecule is NCCc1ccccc1OCc1ccc(F)cc1Br. The maximum atomic E-state index is 13.0. The fourth-order valence-corrected chi connectivity index (χ4v) is 2.27. The van der Waals surface area contributed by atoms with E-state index in [1.54, 1.807) is 6.07 Å². The van der Waals surface area contributed by atoms with Crippen molar-refractivity contribution in [3.8, 4) is 5.75 Å². The third kappa shape index (κ3) is 3.78. The highest BCUT2D eigenvalue weighted by molar-refractivity contribution is 9.10. The number of hydrogen-bond donors (Lipinski definition) is 1. The third-order valence-corrected chi connectivity index (χ3v) is 3.52. The molecule has 0 radical (unpaired) electrons. The van der Waals surface area contributed by atoms with E-state index in [0.29, 0.717) is 17.6 Å². The highest BCUT2D eigenvalue weighted by atomic mass is 79.9. The Morgan fingerprint density at radius 3 is 2.63 bits per heavy atom. The maximum absolute atomic E-state index is 13.0. The van der Waals surface area contributed by atoms with Gasteiger partial charge in [-0.15, -0.1) is 0 Å². The normalized spacial score (nSPS) is 10.5. The van der Waals surface area contributed by atoms with Gasteiger partial charge < -0.3 is 10.5 Å². The van der Waals surface area contributed by atoms with E-state index < -0.39 is 0 Å². The number of nitrogens with two attached hydrogens (primary N) is 1. The van der Waals surface area contributed by atoms with Crippen LogP contribution in [-0.2, 0) is 13.0 Å². The predicted octanol–water partition coefficient (Wildman–Crippen LogP) is 3.67. The summed E-state index contributed by atoms with van der Waals surface area (Å²) < 4.78 is 19.5. The molecule has 2 aromatic carbocycles. The largest absolute Gasteiger partial charge is 0.489 e. The van der Waals surface area contributed by atoms with Crippen molar-refractivity contribution < 1.29 is 9.13 Å². The summed E-state index contributed by atoms with van der Waals surface area (Å²) in [6.07, 6.45) is 0.779. The number of rotatable bonds is 5. The summed E-state index contributed by atoms with van der Waals surface area (Å²) in [5, 5.41) is 0. The van der Waals surface area contributed by atoms with Crippen LogP contribution < -0.4 is 10.5 Å². The lowest BCUT2D eigenvalue weighted by Crippen LogP contribution is -2.05. The first-order valence-electron chi connectivity index (χ1n) is 6.05. The maximum Gasteiger partial charge on any atom is 0.124 e. The van der Waals surface area contributed by atoms with Crippen LogP contribution >= 0.6 is 15.9 Å². The number of ether oxygens (including phenoxy) is 1. The van der Waals surface area contributed by atoms with Crippen molar-refractivity contribution in [3.63, 3.8) is 0 Å². The molecule has 19 heavy (non-hydrogen) atoms. The Morgan fingerprint density at radius 2 is 1.89 bits per heavy atom. The Hall–Kier alpha value is -1.39. The summed E-state index contributed by atoms with van der Waals surface area (Å²) in [4.78, 5) is 0. The molecule has 0 fully saturated rings. The van der Waals surface area contributed by atoms with Gasteiger partial charge in [-0.05, 0) is 36.7 Å². The topological polar surface area (TPSA) is 35.2 Å². The van der Waals surface area contributed by atoms with Crippen molar-refractivity contribution in [2.24, 2.45) is 5.73 Å². The monoisotopic (exact) mass is 323 g/mol. The summed E-state index contributed by atoms with van der Waals surface area (Å²) in [7, 11) is 0. The molecule has 0 aliphatic carbocycles. The Bertz CT molecular complexity index is 560. The summed E-state index contributed by atoms with van der Waals surface area (Å²) in [5.41, 5.74) is 7.57. The van der Waals surface area contributed by atoms with Gasteiger partial charge in [0.1, 0.15) is 18.2 Å². The average Bonchev–Trinajstić information content (AvgIpc) is 2.40. The van der Waals surface area contributed by atoms with Crippen LogP contribution in [0.15, 0.2) is 46.9 Å². The van der Waals surface area contributed by atoms with Gasteiger partial charge >= 0.3 is 0 Å². The Labute approximate surface area is 120 Å². The minimum absolute atomic E-state index is 0.265. The van der Waals surface area contributed by atoms with Crippen molar-refractivity contribution in [1.29, 1.82) is 0 Å². The molecule has 2 N–H and O–H groups in total. The third-order valence-electron chi connectivity index (χ3n) is 2.78. The second-order valence-electron chi connectivity index (χ2n) is 4.17. The second-order valence-corrected chi connectivity index (χ2v) is 5.03. The number of para-hydroxylation sites is 1. The molecule has 0 atom stereocenters. The van der Waals surface area contributed by atoms with Crippen LogP contribution in [0.1, 0.15) is 11.1 Å². The first kappa shape index (κ1) is 14.0. The van der Waals surface area contributed by atoms with Crippen LogP contribution in [0.3, 0.4) is 0 Å². The molecular formula is C15H15BrFNO. The first-order valence-corrected chi connectivity index (χ1v) is 6.84. The molecule has 0 bridgehead atoms. The fourth-order valence-electron chi connectivity index (χ4n) is 1.80. The molecule has 100 valence electrons. The molecule has 0 spiro atoms. The number of hydrogen-bond acceptors (Lipinski definition) is 2. The molecule has 0 aliphatic heterocycles. The van der Waals surface area contributed by atoms with E-state index in [-0.39, 0.29) is 5.82 Å². The lowest BCUT2D eigenvalue weighted by molar-refractivity contribution is 0.302. The van der Waals surface area contributed by atoms with Gasteiger partial charge in [0.2, 0.25) is 0 Å². The van der Waals surface area contributed by atoms with Crippen LogP contribution in [0, 0.1) is 5.82 Å². The Morgan fingerprint density at radius 1 is 1.11 bits per heavy atom. The molecule has 2 nitrogen and oxygen atoms in total. The van der Waals surface area contributed by atoms with E-state index >= 15 is 0 Å². The molecule has 2 rings (SSSR count). The standard InChI is InChI=1S/C15H15BrFNO/c16-14-9-13(17)6-5-12(14)10-19-15-4-2-1-3-11(15)7-8-18/h1-6,9H,7-8,10,18H2. The van der Waals surface area contributed by atoms with Gasteiger partial charge in [-0.3, -0.25) is 0 Å². The smallest absolute Gasteiger partial charge is 0.124 e. The molecule has 0 aliphatic rings. The molecular weight excluding hydrogens is 309 g/mol. The summed E-state index contributed by atoms with van der Waals surface area (Å²) in [6, 6.07) is 12.4. The average molecular weight is 324 g/mol. The number of halogens is 2. The highest BCUT2D eigenvalue weighted by Gasteiger charge is 2.05. The highest BCUT2D eigenvalue weighted by Crippen LogP contribution is 2.23. The van der Waals surface area contributed by atoms with E-state index in [0.717, 1.165) is 23.3 Å². The fraction of sp³-hybridized carbons (Fsp3) is 0.200. The lowest BCUT2D eigenvalue weighted by atomic mass is 10.1. The van der Waals surface area contributed by atoms with Crippen LogP contribution in [0.2, 0.25) is 0 Å². The molecule has 0 saturated carbocycles. The minimum Gasteiger partial charge on any atom is -0.489 e. The van der Waals surface area contributed by atoms with Gasteiger partial charge in [0, 0.05) is 10.0 Å². The van der Waals surface area contributed by atoms with E-state index in [1.807, 2.05) is 24.3 Å². The zero-order chi connectivity index (χ0) is 13.7. The van der Waals surface area contributed by atoms with Gasteiger partial charge in [-0.1, -0.05) is 40.2 Å². The Kier molecular flexibility index (Phi) is 4.93. The van der Waals surface area contributed by atoms with E-state index in [1.165, 1.54) is 12.1 Å². The van der Waals surface area contributed by atoms with Crippen LogP contribution in [-0.4, -0.2) is 6.54 Å². The quantitative estimate of drug-likeness (QED) is 0.911. The summed E-state index contributed by atoms with van der Waals surface area (Å²) in [6.45, 7) is 0.975. The van der Waals surface area contributed by atoms with Gasteiger partial charge in [-0.25, -0.2) is 4.39 Å². The zero-order valence-corrected chi connectivity index (χ0v) is 12.0. The summed E-state index contributed by atoms with van der Waals surface area (Å²) >= 11 is 3.33. The minimum atomic E-state index is -0.265. The molecule has 4 heteroatoms. The molecule has 0 heterocycles. The Balaban J connectivity index is 2.10. The van der Waals surface area contributed by atoms with Crippen molar-refractivity contribution >= 4 is 15.9 Å². The van der Waals surface area contributed by atoms with Crippen LogP contribution in [0.4, 0.5) is 4.39 Å². The van der Waals surface area contributed by atoms with Crippen molar-refractivity contribution in [2.45, 2.75) is 13.0 Å². The van der Waals surface area contributed by atoms with Crippen molar-refractivity contribution in [1.82, 2.24) is 0 Å². The molecule has 0 aromatic heterocycles. The molecule has 0 saturated heterocycles. The van der Waals surface area contributed by atoms with Gasteiger partial charge in [-0.2, -0.15) is 0 Å². The number of benzene rings is 2. The van der Waals surface area contributed by atoms with Crippen molar-refractivity contribution in [3.05, 3.63) is 63.9 Å².